The zero-order valence-electron chi connectivity index (χ0n) is 10.1. The Morgan fingerprint density at radius 3 is 2.37 bits per heavy atom. The number of rotatable bonds is 1. The minimum atomic E-state index is -0.278. The van der Waals surface area contributed by atoms with Crippen LogP contribution in [0.1, 0.15) is 0 Å². The van der Waals surface area contributed by atoms with Crippen molar-refractivity contribution in [1.82, 2.24) is 4.98 Å². The molecule has 0 amide bonds. The average Bonchev–Trinajstić information content (AvgIpc) is 2.44. The lowest BCUT2D eigenvalue weighted by atomic mass is 10.0. The highest BCUT2D eigenvalue weighted by Gasteiger charge is 2.16. The number of aromatic amines is 1. The van der Waals surface area contributed by atoms with Crippen molar-refractivity contribution in [1.29, 1.82) is 0 Å². The van der Waals surface area contributed by atoms with Gasteiger partial charge in [0.05, 0.1) is 15.8 Å². The first-order valence-electron chi connectivity index (χ1n) is 5.67. The fourth-order valence-corrected chi connectivity index (χ4v) is 2.71. The number of nitrogens with one attached hydrogen (secondary N) is 1. The third-order valence-corrected chi connectivity index (χ3v) is 3.92. The van der Waals surface area contributed by atoms with Crippen molar-refractivity contribution >= 4 is 33.4 Å². The predicted molar refractivity (Wildman–Crippen MR) is 77.2 cm³/mol. The van der Waals surface area contributed by atoms with Gasteiger partial charge in [0.15, 0.2) is 0 Å². The van der Waals surface area contributed by atoms with E-state index in [-0.39, 0.29) is 27.8 Å². The summed E-state index contributed by atoms with van der Waals surface area (Å²) in [6.07, 6.45) is 3.33. The van der Waals surface area contributed by atoms with Crippen LogP contribution in [-0.4, -0.2) is 21.5 Å². The summed E-state index contributed by atoms with van der Waals surface area (Å²) in [5, 5.41) is 21.6. The molecule has 0 aliphatic rings. The number of aromatic hydroxyl groups is 2. The van der Waals surface area contributed by atoms with Crippen LogP contribution in [0.15, 0.2) is 40.2 Å². The minimum Gasteiger partial charge on any atom is -0.506 e. The van der Waals surface area contributed by atoms with Gasteiger partial charge in [-0.2, -0.15) is 0 Å². The van der Waals surface area contributed by atoms with Gasteiger partial charge in [0, 0.05) is 17.0 Å². The molecule has 1 aromatic heterocycles. The number of phenols is 2. The maximum Gasteiger partial charge on any atom is 0.206 e. The highest BCUT2D eigenvalue weighted by molar-refractivity contribution is 7.98. The standard InChI is InChI=1S/C14H11NO3S/c1-19-9-6-15-11-10(14(9)18)12(16)7-4-2-3-5-8(7)13(11)17/h2-6,16-17H,1H3,(H,15,18). The average molecular weight is 273 g/mol. The number of fused-ring (bicyclic) bond motifs is 2. The lowest BCUT2D eigenvalue weighted by Gasteiger charge is -2.09. The van der Waals surface area contributed by atoms with Crippen molar-refractivity contribution in [2.45, 2.75) is 4.90 Å². The Balaban J connectivity index is 2.64. The Labute approximate surface area is 112 Å². The quantitative estimate of drug-likeness (QED) is 0.362. The second kappa shape index (κ2) is 4.20. The van der Waals surface area contributed by atoms with Gasteiger partial charge in [-0.15, -0.1) is 11.8 Å². The molecule has 0 saturated heterocycles. The smallest absolute Gasteiger partial charge is 0.206 e. The van der Waals surface area contributed by atoms with Gasteiger partial charge in [-0.25, -0.2) is 0 Å². The monoisotopic (exact) mass is 273 g/mol. The van der Waals surface area contributed by atoms with Crippen molar-refractivity contribution in [3.8, 4) is 11.5 Å². The van der Waals surface area contributed by atoms with Crippen molar-refractivity contribution in [2.24, 2.45) is 0 Å². The van der Waals surface area contributed by atoms with Gasteiger partial charge < -0.3 is 15.2 Å². The summed E-state index contributed by atoms with van der Waals surface area (Å²) in [7, 11) is 0. The van der Waals surface area contributed by atoms with Crippen LogP contribution in [0.2, 0.25) is 0 Å². The molecule has 5 heteroatoms. The largest absolute Gasteiger partial charge is 0.506 e. The maximum absolute atomic E-state index is 12.3. The zero-order chi connectivity index (χ0) is 13.6. The van der Waals surface area contributed by atoms with Crippen LogP contribution in [0.4, 0.5) is 0 Å². The Kier molecular flexibility index (Phi) is 2.64. The molecule has 0 fully saturated rings. The van der Waals surface area contributed by atoms with Crippen LogP contribution in [0.5, 0.6) is 11.5 Å². The summed E-state index contributed by atoms with van der Waals surface area (Å²) >= 11 is 1.29. The number of thioether (sulfide) groups is 1. The first-order valence-corrected chi connectivity index (χ1v) is 6.89. The molecular weight excluding hydrogens is 262 g/mol. The number of phenolic OH excluding ortho intramolecular Hbond substituents is 2. The van der Waals surface area contributed by atoms with E-state index in [1.165, 1.54) is 11.8 Å². The fraction of sp³-hybridized carbons (Fsp3) is 0.0714. The predicted octanol–water partition coefficient (Wildman–Crippen LogP) is 2.81. The molecule has 2 aromatic carbocycles. The van der Waals surface area contributed by atoms with Gasteiger partial charge in [0.1, 0.15) is 11.5 Å². The summed E-state index contributed by atoms with van der Waals surface area (Å²) in [6.45, 7) is 0. The molecule has 3 aromatic rings. The fourth-order valence-electron chi connectivity index (χ4n) is 2.24. The maximum atomic E-state index is 12.3. The molecule has 3 N–H and O–H groups in total. The van der Waals surface area contributed by atoms with Gasteiger partial charge in [-0.05, 0) is 6.26 Å². The molecule has 0 atom stereocenters. The molecule has 0 bridgehead atoms. The van der Waals surface area contributed by atoms with Crippen LogP contribution in [0.25, 0.3) is 21.7 Å². The van der Waals surface area contributed by atoms with Gasteiger partial charge >= 0.3 is 0 Å². The van der Waals surface area contributed by atoms with Crippen molar-refractivity contribution in [3.63, 3.8) is 0 Å². The van der Waals surface area contributed by atoms with Crippen LogP contribution in [0.3, 0.4) is 0 Å². The van der Waals surface area contributed by atoms with Gasteiger partial charge in [-0.3, -0.25) is 4.79 Å². The highest BCUT2D eigenvalue weighted by atomic mass is 32.2. The normalized spacial score (nSPS) is 11.2. The van der Waals surface area contributed by atoms with Crippen molar-refractivity contribution < 1.29 is 10.2 Å². The third kappa shape index (κ3) is 1.58. The van der Waals surface area contributed by atoms with E-state index in [1.54, 1.807) is 36.7 Å². The summed E-state index contributed by atoms with van der Waals surface area (Å²) in [5.74, 6) is -0.117. The summed E-state index contributed by atoms with van der Waals surface area (Å²) in [4.78, 5) is 15.6. The molecule has 0 aliphatic heterocycles. The molecule has 4 nitrogen and oxygen atoms in total. The van der Waals surface area contributed by atoms with Crippen molar-refractivity contribution in [2.75, 3.05) is 6.26 Å². The second-order valence-electron chi connectivity index (χ2n) is 4.18. The number of benzene rings is 2. The first kappa shape index (κ1) is 11.9. The van der Waals surface area contributed by atoms with E-state index in [0.29, 0.717) is 15.7 Å². The zero-order valence-corrected chi connectivity index (χ0v) is 10.9. The second-order valence-corrected chi connectivity index (χ2v) is 5.03. The lowest BCUT2D eigenvalue weighted by molar-refractivity contribution is 0.477. The molecule has 0 saturated carbocycles. The molecule has 0 unspecified atom stereocenters. The minimum absolute atomic E-state index is 0.0202. The molecule has 0 spiro atoms. The number of hydrogen-bond donors (Lipinski definition) is 3. The van der Waals surface area contributed by atoms with E-state index in [2.05, 4.69) is 4.98 Å². The van der Waals surface area contributed by atoms with Crippen LogP contribution >= 0.6 is 11.8 Å². The SMILES string of the molecule is CSc1c[nH]c2c(O)c3ccccc3c(O)c2c1=O. The molecule has 19 heavy (non-hydrogen) atoms. The number of H-pyrrole nitrogens is 1. The number of aromatic nitrogens is 1. The molecule has 1 heterocycles. The van der Waals surface area contributed by atoms with Crippen molar-refractivity contribution in [3.05, 3.63) is 40.7 Å². The van der Waals surface area contributed by atoms with E-state index < -0.39 is 0 Å². The Hall–Kier alpha value is -2.14. The van der Waals surface area contributed by atoms with E-state index in [9.17, 15) is 15.0 Å². The molecular formula is C14H11NO3S. The molecule has 96 valence electrons. The van der Waals surface area contributed by atoms with E-state index in [1.807, 2.05) is 0 Å². The Bertz CT molecular complexity index is 855. The third-order valence-electron chi connectivity index (χ3n) is 3.18. The van der Waals surface area contributed by atoms with Crippen LogP contribution in [0, 0.1) is 0 Å². The van der Waals surface area contributed by atoms with Gasteiger partial charge in [0.25, 0.3) is 0 Å². The molecule has 3 rings (SSSR count). The Morgan fingerprint density at radius 2 is 1.74 bits per heavy atom. The van der Waals surface area contributed by atoms with E-state index in [4.69, 9.17) is 0 Å². The summed E-state index contributed by atoms with van der Waals surface area (Å²) in [5.41, 5.74) is -0.0150. The Morgan fingerprint density at radius 1 is 1.11 bits per heavy atom. The number of pyridine rings is 1. The highest BCUT2D eigenvalue weighted by Crippen LogP contribution is 2.39. The summed E-state index contributed by atoms with van der Waals surface area (Å²) in [6, 6.07) is 6.89. The van der Waals surface area contributed by atoms with Gasteiger partial charge in [-0.1, -0.05) is 24.3 Å². The van der Waals surface area contributed by atoms with Crippen LogP contribution in [-0.2, 0) is 0 Å². The topological polar surface area (TPSA) is 73.3 Å². The van der Waals surface area contributed by atoms with Gasteiger partial charge in [0.2, 0.25) is 5.43 Å². The number of hydrogen-bond acceptors (Lipinski definition) is 4. The molecule has 0 radical (unpaired) electrons. The van der Waals surface area contributed by atoms with E-state index in [0.717, 1.165) is 0 Å². The lowest BCUT2D eigenvalue weighted by Crippen LogP contribution is -2.05. The molecule has 0 aliphatic carbocycles. The summed E-state index contributed by atoms with van der Waals surface area (Å²) < 4.78 is 0. The van der Waals surface area contributed by atoms with Crippen LogP contribution < -0.4 is 5.43 Å². The first-order chi connectivity index (χ1) is 9.15. The van der Waals surface area contributed by atoms with E-state index >= 15 is 0 Å².